The molecule has 5 heteroatoms. The van der Waals surface area contributed by atoms with Crippen LogP contribution in [0.15, 0.2) is 47.5 Å². The number of aliphatic imine (C=N–C) groups is 1. The van der Waals surface area contributed by atoms with Gasteiger partial charge < -0.3 is 10.6 Å². The van der Waals surface area contributed by atoms with E-state index in [1.165, 1.54) is 10.4 Å². The second-order valence-corrected chi connectivity index (χ2v) is 6.42. The molecule has 0 saturated carbocycles. The molecule has 0 bridgehead atoms. The maximum Gasteiger partial charge on any atom is 0.190 e. The van der Waals surface area contributed by atoms with Gasteiger partial charge in [0.1, 0.15) is 0 Å². The van der Waals surface area contributed by atoms with E-state index in [4.69, 9.17) is 11.6 Å². The van der Waals surface area contributed by atoms with Gasteiger partial charge in [0, 0.05) is 25.0 Å². The summed E-state index contributed by atoms with van der Waals surface area (Å²) in [7, 11) is 1.79. The summed E-state index contributed by atoms with van der Waals surface area (Å²) in [6.07, 6.45) is 1.94. The zero-order chi connectivity index (χ0) is 14.9. The fraction of sp³-hybridized carbons (Fsp3) is 0.312. The molecule has 2 rings (SSSR count). The normalized spacial score (nSPS) is 11.4. The minimum absolute atomic E-state index is 0.841. The first-order valence-corrected chi connectivity index (χ1v) is 8.20. The Morgan fingerprint density at radius 1 is 1.05 bits per heavy atom. The Balaban J connectivity index is 1.66. The molecule has 0 amide bonds. The van der Waals surface area contributed by atoms with Gasteiger partial charge in [0.25, 0.3) is 0 Å². The van der Waals surface area contributed by atoms with E-state index in [1.54, 1.807) is 18.4 Å². The van der Waals surface area contributed by atoms with E-state index >= 15 is 0 Å². The van der Waals surface area contributed by atoms with Gasteiger partial charge in [0.15, 0.2) is 5.96 Å². The Morgan fingerprint density at radius 3 is 2.38 bits per heavy atom. The smallest absolute Gasteiger partial charge is 0.190 e. The number of hydrogen-bond acceptors (Lipinski definition) is 2. The van der Waals surface area contributed by atoms with Crippen molar-refractivity contribution < 1.29 is 0 Å². The van der Waals surface area contributed by atoms with Crippen molar-refractivity contribution in [3.63, 3.8) is 0 Å². The van der Waals surface area contributed by atoms with Crippen LogP contribution in [0.5, 0.6) is 0 Å². The molecule has 1 aromatic heterocycles. The maximum atomic E-state index is 5.92. The molecule has 0 aliphatic carbocycles. The number of benzene rings is 1. The lowest BCUT2D eigenvalue weighted by Crippen LogP contribution is -2.39. The maximum absolute atomic E-state index is 5.92. The molecule has 2 N–H and O–H groups in total. The van der Waals surface area contributed by atoms with Crippen molar-refractivity contribution in [3.05, 3.63) is 57.2 Å². The molecule has 3 nitrogen and oxygen atoms in total. The first-order valence-electron chi connectivity index (χ1n) is 7.00. The largest absolute Gasteiger partial charge is 0.356 e. The number of guanidine groups is 1. The molecule has 112 valence electrons. The number of nitrogens with zero attached hydrogens (tertiary/aromatic N) is 1. The number of thiophene rings is 1. The molecule has 21 heavy (non-hydrogen) atoms. The molecular formula is C16H20ClN3S. The summed E-state index contributed by atoms with van der Waals surface area (Å²) in [6, 6.07) is 14.4. The molecule has 0 aliphatic heterocycles. The second-order valence-electron chi connectivity index (χ2n) is 4.62. The summed E-state index contributed by atoms with van der Waals surface area (Å²) < 4.78 is 0.843. The van der Waals surface area contributed by atoms with Crippen molar-refractivity contribution in [2.24, 2.45) is 4.99 Å². The van der Waals surface area contributed by atoms with Crippen LogP contribution in [-0.4, -0.2) is 26.1 Å². The van der Waals surface area contributed by atoms with Crippen LogP contribution in [0.2, 0.25) is 4.34 Å². The Kier molecular flexibility index (Phi) is 6.57. The molecule has 1 aromatic carbocycles. The van der Waals surface area contributed by atoms with Crippen molar-refractivity contribution in [3.8, 4) is 0 Å². The zero-order valence-corrected chi connectivity index (χ0v) is 13.7. The van der Waals surface area contributed by atoms with Crippen molar-refractivity contribution in [2.45, 2.75) is 12.8 Å². The average molecular weight is 322 g/mol. The molecule has 0 spiro atoms. The van der Waals surface area contributed by atoms with Crippen molar-refractivity contribution >= 4 is 28.9 Å². The highest BCUT2D eigenvalue weighted by molar-refractivity contribution is 7.16. The van der Waals surface area contributed by atoms with Crippen LogP contribution in [0.3, 0.4) is 0 Å². The van der Waals surface area contributed by atoms with Gasteiger partial charge in [-0.2, -0.15) is 0 Å². The fourth-order valence-electron chi connectivity index (χ4n) is 1.98. The number of halogens is 1. The third-order valence-electron chi connectivity index (χ3n) is 3.07. The van der Waals surface area contributed by atoms with E-state index in [2.05, 4.69) is 46.0 Å². The van der Waals surface area contributed by atoms with Gasteiger partial charge in [0.05, 0.1) is 4.34 Å². The monoisotopic (exact) mass is 321 g/mol. The van der Waals surface area contributed by atoms with E-state index in [9.17, 15) is 0 Å². The highest BCUT2D eigenvalue weighted by atomic mass is 35.5. The van der Waals surface area contributed by atoms with Gasteiger partial charge >= 0.3 is 0 Å². The summed E-state index contributed by atoms with van der Waals surface area (Å²) in [5.74, 6) is 0.841. The van der Waals surface area contributed by atoms with Gasteiger partial charge in [-0.15, -0.1) is 11.3 Å². The third kappa shape index (κ3) is 5.78. The Hall–Kier alpha value is -1.52. The van der Waals surface area contributed by atoms with Gasteiger partial charge in [-0.1, -0.05) is 41.9 Å². The van der Waals surface area contributed by atoms with E-state index in [-0.39, 0.29) is 0 Å². The molecule has 1 heterocycles. The SMILES string of the molecule is CN=C(NCCc1ccccc1)NCCc1ccc(Cl)s1. The van der Waals surface area contributed by atoms with Crippen LogP contribution in [0.4, 0.5) is 0 Å². The average Bonchev–Trinajstić information content (AvgIpc) is 2.92. The van der Waals surface area contributed by atoms with Crippen molar-refractivity contribution in [1.29, 1.82) is 0 Å². The first-order chi connectivity index (χ1) is 10.3. The van der Waals surface area contributed by atoms with Crippen LogP contribution in [-0.2, 0) is 12.8 Å². The molecule has 0 unspecified atom stereocenters. The van der Waals surface area contributed by atoms with Crippen LogP contribution >= 0.6 is 22.9 Å². The quantitative estimate of drug-likeness (QED) is 0.632. The Labute approximate surface area is 135 Å². The van der Waals surface area contributed by atoms with Crippen molar-refractivity contribution in [1.82, 2.24) is 10.6 Å². The van der Waals surface area contributed by atoms with Gasteiger partial charge in [-0.3, -0.25) is 4.99 Å². The van der Waals surface area contributed by atoms with Crippen LogP contribution < -0.4 is 10.6 Å². The summed E-state index contributed by atoms with van der Waals surface area (Å²) in [5.41, 5.74) is 1.33. The number of rotatable bonds is 6. The summed E-state index contributed by atoms with van der Waals surface area (Å²) in [4.78, 5) is 5.51. The third-order valence-corrected chi connectivity index (χ3v) is 4.36. The summed E-state index contributed by atoms with van der Waals surface area (Å²) in [5, 5.41) is 6.64. The minimum atomic E-state index is 0.841. The van der Waals surface area contributed by atoms with Gasteiger partial charge in [-0.25, -0.2) is 0 Å². The molecule has 0 radical (unpaired) electrons. The lowest BCUT2D eigenvalue weighted by molar-refractivity contribution is 0.788. The number of nitrogens with one attached hydrogen (secondary N) is 2. The van der Waals surface area contributed by atoms with E-state index in [1.807, 2.05) is 12.1 Å². The molecule has 0 saturated heterocycles. The van der Waals surface area contributed by atoms with Gasteiger partial charge in [0.2, 0.25) is 0 Å². The first kappa shape index (κ1) is 15.9. The zero-order valence-electron chi connectivity index (χ0n) is 12.1. The van der Waals surface area contributed by atoms with E-state index < -0.39 is 0 Å². The highest BCUT2D eigenvalue weighted by Crippen LogP contribution is 2.21. The number of hydrogen-bond donors (Lipinski definition) is 2. The lowest BCUT2D eigenvalue weighted by atomic mass is 10.1. The van der Waals surface area contributed by atoms with E-state index in [0.29, 0.717) is 0 Å². The highest BCUT2D eigenvalue weighted by Gasteiger charge is 2.00. The predicted octanol–water partition coefficient (Wildman–Crippen LogP) is 3.35. The predicted molar refractivity (Wildman–Crippen MR) is 92.5 cm³/mol. The molecule has 0 atom stereocenters. The summed E-state index contributed by atoms with van der Waals surface area (Å²) in [6.45, 7) is 1.72. The van der Waals surface area contributed by atoms with Crippen LogP contribution in [0, 0.1) is 0 Å². The Morgan fingerprint density at radius 2 is 1.76 bits per heavy atom. The molecular weight excluding hydrogens is 302 g/mol. The fourth-order valence-corrected chi connectivity index (χ4v) is 3.07. The topological polar surface area (TPSA) is 36.4 Å². The van der Waals surface area contributed by atoms with Crippen LogP contribution in [0.25, 0.3) is 0 Å². The molecule has 2 aromatic rings. The molecule has 0 fully saturated rings. The summed E-state index contributed by atoms with van der Waals surface area (Å²) >= 11 is 7.55. The molecule has 0 aliphatic rings. The van der Waals surface area contributed by atoms with Gasteiger partial charge in [-0.05, 0) is 30.5 Å². The van der Waals surface area contributed by atoms with Crippen molar-refractivity contribution in [2.75, 3.05) is 20.1 Å². The minimum Gasteiger partial charge on any atom is -0.356 e. The second kappa shape index (κ2) is 8.70. The Bertz CT molecular complexity index is 566. The standard InChI is InChI=1S/C16H20ClN3S/c1-18-16(19-11-9-13-5-3-2-4-6-13)20-12-10-14-7-8-15(17)21-14/h2-8H,9-12H2,1H3,(H2,18,19,20). The van der Waals surface area contributed by atoms with Crippen LogP contribution in [0.1, 0.15) is 10.4 Å². The van der Waals surface area contributed by atoms with E-state index in [0.717, 1.165) is 36.2 Å². The lowest BCUT2D eigenvalue weighted by Gasteiger charge is -2.11.